The molecule has 0 bridgehead atoms. The molecular formula is C16H24FNO2S. The summed E-state index contributed by atoms with van der Waals surface area (Å²) in [6, 6.07) is 6.30. The van der Waals surface area contributed by atoms with Crippen LogP contribution in [0.4, 0.5) is 4.39 Å². The van der Waals surface area contributed by atoms with Crippen molar-refractivity contribution in [2.24, 2.45) is 5.41 Å². The summed E-state index contributed by atoms with van der Waals surface area (Å²) < 4.78 is 12.8. The highest BCUT2D eigenvalue weighted by Gasteiger charge is 2.25. The van der Waals surface area contributed by atoms with Crippen LogP contribution >= 0.6 is 11.8 Å². The first-order valence-electron chi connectivity index (χ1n) is 7.25. The van der Waals surface area contributed by atoms with E-state index in [1.165, 1.54) is 23.9 Å². The molecule has 0 aliphatic heterocycles. The molecule has 1 rings (SSSR count). The van der Waals surface area contributed by atoms with Gasteiger partial charge >= 0.3 is 0 Å². The predicted octanol–water partition coefficient (Wildman–Crippen LogP) is 2.97. The molecule has 21 heavy (non-hydrogen) atoms. The highest BCUT2D eigenvalue weighted by molar-refractivity contribution is 7.99. The minimum absolute atomic E-state index is 0.0261. The van der Waals surface area contributed by atoms with Crippen molar-refractivity contribution in [3.63, 3.8) is 0 Å². The van der Waals surface area contributed by atoms with Gasteiger partial charge in [0.25, 0.3) is 0 Å². The number of thioether (sulfide) groups is 1. The summed E-state index contributed by atoms with van der Waals surface area (Å²) in [6.45, 7) is 4.64. The van der Waals surface area contributed by atoms with Crippen LogP contribution in [0.15, 0.2) is 24.3 Å². The zero-order chi connectivity index (χ0) is 15.7. The monoisotopic (exact) mass is 313 g/mol. The lowest BCUT2D eigenvalue weighted by molar-refractivity contribution is -0.119. The van der Waals surface area contributed by atoms with E-state index in [0.29, 0.717) is 18.1 Å². The molecule has 2 N–H and O–H groups in total. The first-order valence-corrected chi connectivity index (χ1v) is 8.40. The summed E-state index contributed by atoms with van der Waals surface area (Å²) in [5.74, 6) is 0.773. The maximum Gasteiger partial charge on any atom is 0.230 e. The predicted molar refractivity (Wildman–Crippen MR) is 85.7 cm³/mol. The largest absolute Gasteiger partial charge is 0.396 e. The Balaban J connectivity index is 2.29. The quantitative estimate of drug-likeness (QED) is 0.737. The molecule has 3 nitrogen and oxygen atoms in total. The summed E-state index contributed by atoms with van der Waals surface area (Å²) in [7, 11) is 0. The Hall–Kier alpha value is -1.07. The fraction of sp³-hybridized carbons (Fsp3) is 0.562. The third-order valence-corrected chi connectivity index (χ3v) is 4.91. The number of carbonyl (C=O) groups excluding carboxylic acids is 1. The van der Waals surface area contributed by atoms with Gasteiger partial charge < -0.3 is 10.4 Å². The van der Waals surface area contributed by atoms with E-state index in [2.05, 4.69) is 5.32 Å². The van der Waals surface area contributed by atoms with E-state index in [4.69, 9.17) is 0 Å². The van der Waals surface area contributed by atoms with Crippen molar-refractivity contribution in [1.29, 1.82) is 0 Å². The number of halogens is 1. The van der Waals surface area contributed by atoms with Crippen molar-refractivity contribution in [3.05, 3.63) is 35.6 Å². The van der Waals surface area contributed by atoms with Gasteiger partial charge in [-0.05, 0) is 30.5 Å². The van der Waals surface area contributed by atoms with Gasteiger partial charge in [-0.2, -0.15) is 0 Å². The maximum absolute atomic E-state index is 12.8. The maximum atomic E-state index is 12.8. The van der Waals surface area contributed by atoms with E-state index in [0.717, 1.165) is 18.4 Å². The van der Waals surface area contributed by atoms with Crippen molar-refractivity contribution in [1.82, 2.24) is 5.32 Å². The number of nitrogens with one attached hydrogen (secondary N) is 1. The number of rotatable bonds is 9. The third-order valence-electron chi connectivity index (χ3n) is 3.91. The molecule has 0 spiro atoms. The standard InChI is InChI=1S/C16H24FNO2S/c1-3-16(4-2,12-19)11-18-15(20)10-21-9-13-5-7-14(17)8-6-13/h5-8,19H,3-4,9-12H2,1-2H3,(H,18,20). The molecule has 0 aromatic heterocycles. The summed E-state index contributed by atoms with van der Waals surface area (Å²) in [6.07, 6.45) is 1.67. The molecule has 5 heteroatoms. The van der Waals surface area contributed by atoms with Gasteiger partial charge in [-0.3, -0.25) is 4.79 Å². The number of benzene rings is 1. The molecular weight excluding hydrogens is 289 g/mol. The highest BCUT2D eigenvalue weighted by atomic mass is 32.2. The molecule has 0 radical (unpaired) electrons. The number of hydrogen-bond donors (Lipinski definition) is 2. The van der Waals surface area contributed by atoms with Gasteiger partial charge in [0.1, 0.15) is 5.82 Å². The fourth-order valence-electron chi connectivity index (χ4n) is 1.96. The molecule has 0 aliphatic rings. The number of carbonyl (C=O) groups is 1. The molecule has 0 aliphatic carbocycles. The normalized spacial score (nSPS) is 11.4. The highest BCUT2D eigenvalue weighted by Crippen LogP contribution is 2.24. The molecule has 1 aromatic carbocycles. The second-order valence-corrected chi connectivity index (χ2v) is 6.25. The Morgan fingerprint density at radius 1 is 1.29 bits per heavy atom. The molecule has 0 heterocycles. The second-order valence-electron chi connectivity index (χ2n) is 5.26. The Morgan fingerprint density at radius 2 is 1.90 bits per heavy atom. The molecule has 1 aromatic rings. The van der Waals surface area contributed by atoms with E-state index < -0.39 is 0 Å². The minimum atomic E-state index is -0.249. The molecule has 0 saturated carbocycles. The van der Waals surface area contributed by atoms with Crippen LogP contribution in [-0.4, -0.2) is 29.9 Å². The number of aliphatic hydroxyl groups excluding tert-OH is 1. The first kappa shape index (κ1) is 18.0. The Bertz CT molecular complexity index is 424. The van der Waals surface area contributed by atoms with Crippen molar-refractivity contribution >= 4 is 17.7 Å². The fourth-order valence-corrected chi connectivity index (χ4v) is 2.78. The van der Waals surface area contributed by atoms with E-state index in [9.17, 15) is 14.3 Å². The first-order chi connectivity index (χ1) is 10.0. The average molecular weight is 313 g/mol. The Morgan fingerprint density at radius 3 is 2.43 bits per heavy atom. The van der Waals surface area contributed by atoms with Crippen LogP contribution in [0.1, 0.15) is 32.3 Å². The molecule has 0 saturated heterocycles. The van der Waals surface area contributed by atoms with Crippen LogP contribution < -0.4 is 5.32 Å². The van der Waals surface area contributed by atoms with E-state index >= 15 is 0 Å². The lowest BCUT2D eigenvalue weighted by Crippen LogP contribution is -2.40. The summed E-state index contributed by atoms with van der Waals surface area (Å²) in [5.41, 5.74) is 0.790. The van der Waals surface area contributed by atoms with Crippen LogP contribution in [0.3, 0.4) is 0 Å². The molecule has 118 valence electrons. The van der Waals surface area contributed by atoms with Crippen molar-refractivity contribution in [3.8, 4) is 0 Å². The van der Waals surface area contributed by atoms with Gasteiger partial charge in [0.05, 0.1) is 12.4 Å². The SMILES string of the molecule is CCC(CC)(CO)CNC(=O)CSCc1ccc(F)cc1. The molecule has 0 unspecified atom stereocenters. The Kier molecular flexibility index (Phi) is 7.75. The van der Waals surface area contributed by atoms with E-state index in [-0.39, 0.29) is 23.7 Å². The average Bonchev–Trinajstić information content (AvgIpc) is 2.51. The lowest BCUT2D eigenvalue weighted by Gasteiger charge is -2.29. The van der Waals surface area contributed by atoms with E-state index in [1.807, 2.05) is 13.8 Å². The molecule has 0 fully saturated rings. The molecule has 0 atom stereocenters. The van der Waals surface area contributed by atoms with Crippen molar-refractivity contribution in [2.45, 2.75) is 32.4 Å². The second kappa shape index (κ2) is 9.05. The van der Waals surface area contributed by atoms with Gasteiger partial charge in [0.2, 0.25) is 5.91 Å². The Labute approximate surface area is 130 Å². The summed E-state index contributed by atoms with van der Waals surface area (Å²) in [5, 5.41) is 12.3. The van der Waals surface area contributed by atoms with Gasteiger partial charge in [0.15, 0.2) is 0 Å². The van der Waals surface area contributed by atoms with Crippen LogP contribution in [0.2, 0.25) is 0 Å². The van der Waals surface area contributed by atoms with Gasteiger partial charge in [-0.1, -0.05) is 26.0 Å². The number of hydrogen-bond acceptors (Lipinski definition) is 3. The lowest BCUT2D eigenvalue weighted by atomic mass is 9.83. The van der Waals surface area contributed by atoms with Crippen LogP contribution in [0, 0.1) is 11.2 Å². The summed E-state index contributed by atoms with van der Waals surface area (Å²) in [4.78, 5) is 11.8. The topological polar surface area (TPSA) is 49.3 Å². The van der Waals surface area contributed by atoms with Crippen LogP contribution in [0.5, 0.6) is 0 Å². The zero-order valence-electron chi connectivity index (χ0n) is 12.7. The van der Waals surface area contributed by atoms with Crippen LogP contribution in [-0.2, 0) is 10.5 Å². The van der Waals surface area contributed by atoms with Gasteiger partial charge in [-0.25, -0.2) is 4.39 Å². The van der Waals surface area contributed by atoms with Gasteiger partial charge in [-0.15, -0.1) is 11.8 Å². The minimum Gasteiger partial charge on any atom is -0.396 e. The third kappa shape index (κ3) is 6.06. The van der Waals surface area contributed by atoms with Crippen molar-refractivity contribution < 1.29 is 14.3 Å². The number of aliphatic hydroxyl groups is 1. The zero-order valence-corrected chi connectivity index (χ0v) is 13.5. The smallest absolute Gasteiger partial charge is 0.230 e. The number of amides is 1. The molecule has 1 amide bonds. The van der Waals surface area contributed by atoms with Gasteiger partial charge in [0, 0.05) is 17.7 Å². The van der Waals surface area contributed by atoms with E-state index in [1.54, 1.807) is 12.1 Å². The summed E-state index contributed by atoms with van der Waals surface area (Å²) >= 11 is 1.50. The van der Waals surface area contributed by atoms with Crippen LogP contribution in [0.25, 0.3) is 0 Å². The van der Waals surface area contributed by atoms with Crippen molar-refractivity contribution in [2.75, 3.05) is 18.9 Å².